The van der Waals surface area contributed by atoms with Crippen LogP contribution in [0.3, 0.4) is 0 Å². The van der Waals surface area contributed by atoms with Crippen LogP contribution >= 0.6 is 11.8 Å². The molecule has 2 aromatic carbocycles. The molecule has 0 radical (unpaired) electrons. The summed E-state index contributed by atoms with van der Waals surface area (Å²) < 4.78 is 28.6. The Morgan fingerprint density at radius 3 is 2.09 bits per heavy atom. The molecule has 0 aliphatic rings. The number of rotatable bonds is 17. The highest BCUT2D eigenvalue weighted by Crippen LogP contribution is 2.34. The Morgan fingerprint density at radius 1 is 0.912 bits per heavy atom. The molecule has 2 rings (SSSR count). The fourth-order valence-corrected chi connectivity index (χ4v) is 7.62. The monoisotopic (exact) mass is 506 g/mol. The van der Waals surface area contributed by atoms with E-state index in [2.05, 4.69) is 12.1 Å². The zero-order valence-electron chi connectivity index (χ0n) is 20.8. The van der Waals surface area contributed by atoms with Gasteiger partial charge in [-0.15, -0.1) is 0 Å². The van der Waals surface area contributed by atoms with Crippen molar-refractivity contribution in [1.82, 2.24) is 0 Å². The predicted molar refractivity (Wildman–Crippen MR) is 139 cm³/mol. The molecule has 8 heteroatoms. The van der Waals surface area contributed by atoms with E-state index in [-0.39, 0.29) is 17.8 Å². The summed E-state index contributed by atoms with van der Waals surface area (Å²) in [5, 5.41) is 0.0203. The third-order valence-electron chi connectivity index (χ3n) is 5.12. The van der Waals surface area contributed by atoms with Gasteiger partial charge in [-0.3, -0.25) is 4.79 Å². The minimum Gasteiger partial charge on any atom is -0.497 e. The molecule has 0 aliphatic heterocycles. The van der Waals surface area contributed by atoms with E-state index in [1.807, 2.05) is 63.2 Å². The zero-order valence-corrected chi connectivity index (χ0v) is 22.6. The normalized spacial score (nSPS) is 12.4. The Morgan fingerprint density at radius 2 is 1.53 bits per heavy atom. The molecule has 0 saturated carbocycles. The second-order valence-electron chi connectivity index (χ2n) is 7.57. The number of hydrogen-bond donors (Lipinski definition) is 0. The summed E-state index contributed by atoms with van der Waals surface area (Å²) in [4.78, 5) is 12.7. The predicted octanol–water partition coefficient (Wildman–Crippen LogP) is 6.04. The highest BCUT2D eigenvalue weighted by Gasteiger charge is 2.39. The van der Waals surface area contributed by atoms with Crippen molar-refractivity contribution < 1.29 is 27.5 Å². The maximum absolute atomic E-state index is 12.7. The summed E-state index contributed by atoms with van der Waals surface area (Å²) >= 11 is 1.76. The lowest BCUT2D eigenvalue weighted by atomic mass is 10.1. The van der Waals surface area contributed by atoms with Crippen molar-refractivity contribution in [2.24, 2.45) is 0 Å². The van der Waals surface area contributed by atoms with E-state index in [0.29, 0.717) is 26.2 Å². The lowest BCUT2D eigenvalue weighted by Crippen LogP contribution is -2.46. The van der Waals surface area contributed by atoms with Gasteiger partial charge in [-0.1, -0.05) is 42.5 Å². The van der Waals surface area contributed by atoms with E-state index in [0.717, 1.165) is 35.1 Å². The standard InChI is InChI=1S/C26H38O6SSi/c1-5-30-34(31-6-2,32-7-3)19-11-18-33-25(23-12-9-8-10-13-23)20-26(27)29-21-22-14-16-24(28-4)17-15-22/h8-10,12-17,25H,5-7,11,18-21H2,1-4H3. The third kappa shape index (κ3) is 9.80. The molecule has 2 aromatic rings. The number of carbonyl (C=O) groups excluding carboxylic acids is 1. The first-order valence-corrected chi connectivity index (χ1v) is 14.9. The largest absolute Gasteiger partial charge is 0.500 e. The van der Waals surface area contributed by atoms with Crippen molar-refractivity contribution in [2.75, 3.05) is 32.7 Å². The van der Waals surface area contributed by atoms with Crippen LogP contribution in [-0.2, 0) is 29.4 Å². The van der Waals surface area contributed by atoms with Gasteiger partial charge in [-0.25, -0.2) is 0 Å². The Balaban J connectivity index is 1.92. The van der Waals surface area contributed by atoms with Gasteiger partial charge in [0.2, 0.25) is 0 Å². The average molecular weight is 507 g/mol. The summed E-state index contributed by atoms with van der Waals surface area (Å²) in [5.41, 5.74) is 2.05. The topological polar surface area (TPSA) is 63.2 Å². The van der Waals surface area contributed by atoms with Gasteiger partial charge in [0.25, 0.3) is 0 Å². The molecule has 0 heterocycles. The summed E-state index contributed by atoms with van der Waals surface area (Å²) in [5.74, 6) is 1.44. The van der Waals surface area contributed by atoms with Crippen molar-refractivity contribution in [3.8, 4) is 5.75 Å². The number of carbonyl (C=O) groups is 1. The smallest absolute Gasteiger partial charge is 0.497 e. The highest BCUT2D eigenvalue weighted by atomic mass is 32.2. The molecular formula is C26H38O6SSi. The van der Waals surface area contributed by atoms with Crippen LogP contribution in [0.2, 0.25) is 6.04 Å². The summed E-state index contributed by atoms with van der Waals surface area (Å²) in [6.45, 7) is 7.89. The molecule has 0 N–H and O–H groups in total. The molecule has 6 nitrogen and oxygen atoms in total. The number of thioether (sulfide) groups is 1. The molecule has 34 heavy (non-hydrogen) atoms. The second-order valence-corrected chi connectivity index (χ2v) is 11.6. The summed E-state index contributed by atoms with van der Waals surface area (Å²) in [6, 6.07) is 18.4. The van der Waals surface area contributed by atoms with Crippen LogP contribution in [0, 0.1) is 0 Å². The number of methoxy groups -OCH3 is 1. The van der Waals surface area contributed by atoms with Gasteiger partial charge in [0.1, 0.15) is 12.4 Å². The molecule has 0 bridgehead atoms. The molecule has 0 spiro atoms. The molecule has 1 atom stereocenters. The Labute approximate surface area is 209 Å². The van der Waals surface area contributed by atoms with Crippen molar-refractivity contribution in [3.63, 3.8) is 0 Å². The second kappa shape index (κ2) is 15.9. The molecule has 0 fully saturated rings. The van der Waals surface area contributed by atoms with E-state index < -0.39 is 8.80 Å². The SMILES string of the molecule is CCO[Si](CCCSC(CC(=O)OCc1ccc(OC)cc1)c1ccccc1)(OCC)OCC. The van der Waals surface area contributed by atoms with Crippen LogP contribution in [-0.4, -0.2) is 47.5 Å². The molecule has 188 valence electrons. The van der Waals surface area contributed by atoms with Crippen LogP contribution in [0.15, 0.2) is 54.6 Å². The lowest BCUT2D eigenvalue weighted by Gasteiger charge is -2.28. The van der Waals surface area contributed by atoms with E-state index in [1.54, 1.807) is 18.9 Å². The molecule has 0 saturated heterocycles. The Kier molecular flexibility index (Phi) is 13.3. The molecule has 1 unspecified atom stereocenters. The van der Waals surface area contributed by atoms with Crippen LogP contribution in [0.25, 0.3) is 0 Å². The average Bonchev–Trinajstić information content (AvgIpc) is 2.86. The van der Waals surface area contributed by atoms with Crippen LogP contribution < -0.4 is 4.74 Å². The van der Waals surface area contributed by atoms with E-state index in [1.165, 1.54) is 0 Å². The number of ether oxygens (including phenoxy) is 2. The summed E-state index contributed by atoms with van der Waals surface area (Å²) in [6.07, 6.45) is 1.21. The maximum Gasteiger partial charge on any atom is 0.500 e. The maximum atomic E-state index is 12.7. The Bertz CT molecular complexity index is 801. The molecular weight excluding hydrogens is 468 g/mol. The van der Waals surface area contributed by atoms with Crippen LogP contribution in [0.5, 0.6) is 5.75 Å². The van der Waals surface area contributed by atoms with Crippen LogP contribution in [0.1, 0.15) is 50.0 Å². The minimum atomic E-state index is -2.65. The third-order valence-corrected chi connectivity index (χ3v) is 9.64. The summed E-state index contributed by atoms with van der Waals surface area (Å²) in [7, 11) is -1.02. The first-order chi connectivity index (χ1) is 16.6. The van der Waals surface area contributed by atoms with Gasteiger partial charge >= 0.3 is 14.8 Å². The van der Waals surface area contributed by atoms with Gasteiger partial charge in [0.05, 0.1) is 13.5 Å². The molecule has 0 amide bonds. The van der Waals surface area contributed by atoms with Crippen molar-refractivity contribution in [2.45, 2.75) is 51.5 Å². The van der Waals surface area contributed by atoms with Gasteiger partial charge in [0, 0.05) is 31.1 Å². The Hall–Kier alpha value is -1.84. The molecule has 0 aromatic heterocycles. The first-order valence-electron chi connectivity index (χ1n) is 11.9. The lowest BCUT2D eigenvalue weighted by molar-refractivity contribution is -0.144. The highest BCUT2D eigenvalue weighted by molar-refractivity contribution is 7.99. The van der Waals surface area contributed by atoms with Crippen molar-refractivity contribution in [3.05, 3.63) is 65.7 Å². The fourth-order valence-electron chi connectivity index (χ4n) is 3.55. The van der Waals surface area contributed by atoms with Gasteiger partial charge in [-0.05, 0) is 56.2 Å². The van der Waals surface area contributed by atoms with Crippen molar-refractivity contribution >= 4 is 26.5 Å². The van der Waals surface area contributed by atoms with E-state index >= 15 is 0 Å². The van der Waals surface area contributed by atoms with E-state index in [4.69, 9.17) is 22.8 Å². The number of esters is 1. The van der Waals surface area contributed by atoms with Gasteiger partial charge in [-0.2, -0.15) is 11.8 Å². The minimum absolute atomic E-state index is 0.0203. The van der Waals surface area contributed by atoms with Crippen LogP contribution in [0.4, 0.5) is 0 Å². The zero-order chi connectivity index (χ0) is 24.7. The van der Waals surface area contributed by atoms with Gasteiger partial charge in [0.15, 0.2) is 0 Å². The van der Waals surface area contributed by atoms with Crippen molar-refractivity contribution in [1.29, 1.82) is 0 Å². The molecule has 0 aliphatic carbocycles. The quantitative estimate of drug-likeness (QED) is 0.147. The first kappa shape index (κ1) is 28.4. The fraction of sp³-hybridized carbons (Fsp3) is 0.500. The van der Waals surface area contributed by atoms with Gasteiger partial charge < -0.3 is 22.8 Å². The number of benzene rings is 2. The van der Waals surface area contributed by atoms with E-state index in [9.17, 15) is 4.79 Å². The number of hydrogen-bond acceptors (Lipinski definition) is 7.